The standard InChI is InChI=1S/C9H18NO2P/c1-6(2)4-7(10-13)8(11)9(3)5-12-9/h6-7,10H,4-5,13H2,1-3H3/t7-,9-/m1/s1. The fraction of sp³-hybridized carbons (Fsp3) is 0.889. The minimum atomic E-state index is -0.497. The van der Waals surface area contributed by atoms with E-state index in [0.717, 1.165) is 6.42 Å². The van der Waals surface area contributed by atoms with Crippen LogP contribution < -0.4 is 5.09 Å². The zero-order valence-corrected chi connectivity index (χ0v) is 9.62. The number of carbonyl (C=O) groups is 1. The normalized spacial score (nSPS) is 29.0. The molecule has 0 aromatic carbocycles. The van der Waals surface area contributed by atoms with Crippen molar-refractivity contribution in [2.45, 2.75) is 38.8 Å². The van der Waals surface area contributed by atoms with Crippen molar-refractivity contribution in [3.63, 3.8) is 0 Å². The van der Waals surface area contributed by atoms with Crippen LogP contribution in [0.4, 0.5) is 0 Å². The number of ether oxygens (including phenoxy) is 1. The molecule has 4 heteroatoms. The molecule has 1 saturated heterocycles. The lowest BCUT2D eigenvalue weighted by Crippen LogP contribution is -2.40. The van der Waals surface area contributed by atoms with E-state index in [0.29, 0.717) is 12.5 Å². The van der Waals surface area contributed by atoms with Crippen molar-refractivity contribution in [3.8, 4) is 0 Å². The molecule has 3 atom stereocenters. The summed E-state index contributed by atoms with van der Waals surface area (Å²) in [4.78, 5) is 11.8. The Bertz CT molecular complexity index is 202. The summed E-state index contributed by atoms with van der Waals surface area (Å²) in [6, 6.07) is -0.0856. The highest BCUT2D eigenvalue weighted by atomic mass is 31.0. The molecule has 0 aliphatic carbocycles. The predicted molar refractivity (Wildman–Crippen MR) is 55.5 cm³/mol. The van der Waals surface area contributed by atoms with Crippen LogP contribution in [-0.4, -0.2) is 24.0 Å². The Balaban J connectivity index is 2.51. The number of carbonyl (C=O) groups excluding carboxylic acids is 1. The van der Waals surface area contributed by atoms with E-state index in [9.17, 15) is 4.79 Å². The smallest absolute Gasteiger partial charge is 0.183 e. The first-order valence-electron chi connectivity index (χ1n) is 4.64. The molecule has 1 N–H and O–H groups in total. The van der Waals surface area contributed by atoms with Crippen molar-refractivity contribution >= 4 is 15.2 Å². The van der Waals surface area contributed by atoms with Gasteiger partial charge in [0.15, 0.2) is 5.78 Å². The van der Waals surface area contributed by atoms with Gasteiger partial charge in [0.25, 0.3) is 0 Å². The number of hydrogen-bond donors (Lipinski definition) is 1. The zero-order chi connectivity index (χ0) is 10.1. The molecule has 0 bridgehead atoms. The van der Waals surface area contributed by atoms with Crippen molar-refractivity contribution in [3.05, 3.63) is 0 Å². The van der Waals surface area contributed by atoms with E-state index in [-0.39, 0.29) is 11.8 Å². The zero-order valence-electron chi connectivity index (χ0n) is 8.46. The summed E-state index contributed by atoms with van der Waals surface area (Å²) < 4.78 is 5.12. The molecule has 1 unspecified atom stereocenters. The molecule has 76 valence electrons. The van der Waals surface area contributed by atoms with E-state index in [1.54, 1.807) is 0 Å². The highest BCUT2D eigenvalue weighted by Gasteiger charge is 2.49. The second kappa shape index (κ2) is 4.04. The van der Waals surface area contributed by atoms with E-state index in [1.165, 1.54) is 0 Å². The Kier molecular flexibility index (Phi) is 3.44. The summed E-state index contributed by atoms with van der Waals surface area (Å²) in [5.74, 6) is 0.695. The maximum atomic E-state index is 11.8. The van der Waals surface area contributed by atoms with Crippen molar-refractivity contribution in [1.82, 2.24) is 5.09 Å². The van der Waals surface area contributed by atoms with Gasteiger partial charge in [0.05, 0.1) is 12.6 Å². The molecule has 0 radical (unpaired) electrons. The van der Waals surface area contributed by atoms with Crippen LogP contribution in [0.1, 0.15) is 27.2 Å². The topological polar surface area (TPSA) is 41.6 Å². The van der Waals surface area contributed by atoms with E-state index in [1.807, 2.05) is 6.92 Å². The summed E-state index contributed by atoms with van der Waals surface area (Å²) >= 11 is 0. The fourth-order valence-electron chi connectivity index (χ4n) is 1.34. The lowest BCUT2D eigenvalue weighted by molar-refractivity contribution is -0.125. The SMILES string of the molecule is CC(C)C[C@@H](NP)C(=O)[C@@]1(C)CO1. The van der Waals surface area contributed by atoms with Gasteiger partial charge in [0, 0.05) is 0 Å². The third-order valence-electron chi connectivity index (χ3n) is 2.32. The monoisotopic (exact) mass is 203 g/mol. The minimum Gasteiger partial charge on any atom is -0.362 e. The Morgan fingerprint density at radius 3 is 2.54 bits per heavy atom. The molecule has 0 spiro atoms. The molecule has 1 rings (SSSR count). The number of Topliss-reactive ketones (excluding diaryl/α,β-unsaturated/α-hetero) is 1. The minimum absolute atomic E-state index is 0.0856. The highest BCUT2D eigenvalue weighted by molar-refractivity contribution is 7.13. The van der Waals surface area contributed by atoms with Gasteiger partial charge in [0.2, 0.25) is 0 Å². The Morgan fingerprint density at radius 2 is 2.23 bits per heavy atom. The van der Waals surface area contributed by atoms with Crippen LogP contribution in [0.15, 0.2) is 0 Å². The number of rotatable bonds is 5. The van der Waals surface area contributed by atoms with Crippen LogP contribution in [0.3, 0.4) is 0 Å². The maximum absolute atomic E-state index is 11.8. The van der Waals surface area contributed by atoms with Crippen molar-refractivity contribution < 1.29 is 9.53 Å². The summed E-state index contributed by atoms with van der Waals surface area (Å²) in [5, 5.41) is 2.97. The molecule has 1 heterocycles. The van der Waals surface area contributed by atoms with Gasteiger partial charge in [-0.25, -0.2) is 0 Å². The van der Waals surface area contributed by atoms with Gasteiger partial charge >= 0.3 is 0 Å². The Labute approximate surface area is 81.9 Å². The molecule has 1 aliphatic heterocycles. The fourth-order valence-corrected chi connectivity index (χ4v) is 1.63. The van der Waals surface area contributed by atoms with E-state index < -0.39 is 5.60 Å². The highest BCUT2D eigenvalue weighted by Crippen LogP contribution is 2.29. The van der Waals surface area contributed by atoms with E-state index in [4.69, 9.17) is 4.74 Å². The van der Waals surface area contributed by atoms with Gasteiger partial charge in [-0.05, 0) is 19.3 Å². The first-order chi connectivity index (χ1) is 5.99. The average Bonchev–Trinajstić information content (AvgIpc) is 2.79. The van der Waals surface area contributed by atoms with Gasteiger partial charge < -0.3 is 4.74 Å². The van der Waals surface area contributed by atoms with Gasteiger partial charge in [-0.15, -0.1) is 0 Å². The molecule has 0 amide bonds. The first kappa shape index (κ1) is 11.1. The third-order valence-corrected chi connectivity index (χ3v) is 2.73. The molecule has 0 aromatic heterocycles. The van der Waals surface area contributed by atoms with Crippen LogP contribution in [0.5, 0.6) is 0 Å². The van der Waals surface area contributed by atoms with E-state index >= 15 is 0 Å². The molecule has 0 aromatic rings. The average molecular weight is 203 g/mol. The maximum Gasteiger partial charge on any atom is 0.183 e. The van der Waals surface area contributed by atoms with E-state index in [2.05, 4.69) is 28.3 Å². The van der Waals surface area contributed by atoms with Crippen molar-refractivity contribution in [2.75, 3.05) is 6.61 Å². The molecule has 1 aliphatic rings. The second-order valence-electron chi connectivity index (χ2n) is 4.23. The third kappa shape index (κ3) is 2.73. The number of ketones is 1. The van der Waals surface area contributed by atoms with Crippen LogP contribution in [0.25, 0.3) is 0 Å². The van der Waals surface area contributed by atoms with Gasteiger partial charge in [-0.1, -0.05) is 23.2 Å². The number of hydrogen-bond acceptors (Lipinski definition) is 3. The number of nitrogens with one attached hydrogen (secondary N) is 1. The van der Waals surface area contributed by atoms with Crippen molar-refractivity contribution in [2.24, 2.45) is 5.92 Å². The van der Waals surface area contributed by atoms with Crippen molar-refractivity contribution in [1.29, 1.82) is 0 Å². The van der Waals surface area contributed by atoms with Crippen LogP contribution in [-0.2, 0) is 9.53 Å². The van der Waals surface area contributed by atoms with Crippen LogP contribution >= 0.6 is 9.39 Å². The summed E-state index contributed by atoms with van der Waals surface area (Å²) in [7, 11) is 2.41. The van der Waals surface area contributed by atoms with Gasteiger partial charge in [-0.2, -0.15) is 0 Å². The van der Waals surface area contributed by atoms with Gasteiger partial charge in [0.1, 0.15) is 5.60 Å². The Morgan fingerprint density at radius 1 is 1.69 bits per heavy atom. The molecule has 0 saturated carbocycles. The molecular weight excluding hydrogens is 185 g/mol. The summed E-state index contributed by atoms with van der Waals surface area (Å²) in [6.45, 7) is 6.65. The molecule has 13 heavy (non-hydrogen) atoms. The second-order valence-corrected chi connectivity index (χ2v) is 4.57. The predicted octanol–water partition coefficient (Wildman–Crippen LogP) is 1.14. The van der Waals surface area contributed by atoms with Crippen LogP contribution in [0, 0.1) is 5.92 Å². The number of epoxide rings is 1. The first-order valence-corrected chi connectivity index (χ1v) is 5.22. The molecule has 1 fully saturated rings. The van der Waals surface area contributed by atoms with Gasteiger partial charge in [-0.3, -0.25) is 9.88 Å². The Hall–Kier alpha value is 0.0200. The van der Waals surface area contributed by atoms with Crippen LogP contribution in [0.2, 0.25) is 0 Å². The lowest BCUT2D eigenvalue weighted by Gasteiger charge is -2.18. The lowest BCUT2D eigenvalue weighted by atomic mass is 9.94. The molecular formula is C9H18NO2P. The molecule has 3 nitrogen and oxygen atoms in total. The largest absolute Gasteiger partial charge is 0.362 e. The summed E-state index contributed by atoms with van der Waals surface area (Å²) in [5.41, 5.74) is -0.497. The quantitative estimate of drug-likeness (QED) is 0.538. The summed E-state index contributed by atoms with van der Waals surface area (Å²) in [6.07, 6.45) is 0.862.